The molecular weight excluding hydrogens is 280 g/mol. The number of hydrogen-bond donors (Lipinski definition) is 3. The Hall–Kier alpha value is -1.33. The quantitative estimate of drug-likeness (QED) is 0.315. The van der Waals surface area contributed by atoms with Gasteiger partial charge in [-0.25, -0.2) is 8.42 Å². The Kier molecular flexibility index (Phi) is 7.41. The van der Waals surface area contributed by atoms with Crippen LogP contribution in [0.1, 0.15) is 5.69 Å². The molecule has 110 valence electrons. The summed E-state index contributed by atoms with van der Waals surface area (Å²) in [5.41, 5.74) is 0.603. The number of aryl methyl sites for hydroxylation is 1. The second-order valence-electron chi connectivity index (χ2n) is 3.46. The third-order valence-corrected chi connectivity index (χ3v) is 2.06. The normalized spacial score (nSPS) is 10.8. The number of rotatable bonds is 4. The first-order valence-electron chi connectivity index (χ1n) is 5.20. The van der Waals surface area contributed by atoms with Gasteiger partial charge in [0.25, 0.3) is 0 Å². The van der Waals surface area contributed by atoms with Gasteiger partial charge in [0.15, 0.2) is 0 Å². The molecule has 0 atom stereocenters. The Morgan fingerprint density at radius 3 is 2.32 bits per heavy atom. The first-order chi connectivity index (χ1) is 8.70. The second-order valence-corrected chi connectivity index (χ2v) is 4.32. The van der Waals surface area contributed by atoms with Gasteiger partial charge in [-0.15, -0.1) is 0 Å². The lowest BCUT2D eigenvalue weighted by Gasteiger charge is -2.03. The molecule has 0 saturated heterocycles. The van der Waals surface area contributed by atoms with Crippen molar-refractivity contribution in [1.29, 1.82) is 0 Å². The zero-order valence-corrected chi connectivity index (χ0v) is 11.1. The molecule has 0 aromatic carbocycles. The predicted molar refractivity (Wildman–Crippen MR) is 62.1 cm³/mol. The average molecular weight is 296 g/mol. The van der Waals surface area contributed by atoms with Gasteiger partial charge in [-0.2, -0.15) is 13.9 Å². The SMILES string of the molecule is Cc1cc[n+](CCO)c(=O)n1CCO.O=S(=O)([O-])O. The fourth-order valence-electron chi connectivity index (χ4n) is 1.31. The highest BCUT2D eigenvalue weighted by Crippen LogP contribution is 1.89. The summed E-state index contributed by atoms with van der Waals surface area (Å²) >= 11 is 0. The van der Waals surface area contributed by atoms with Gasteiger partial charge in [0.2, 0.25) is 10.4 Å². The molecule has 0 fully saturated rings. The molecule has 1 aromatic rings. The smallest absolute Gasteiger partial charge is 0.498 e. The maximum absolute atomic E-state index is 11.7. The summed E-state index contributed by atoms with van der Waals surface area (Å²) in [5, 5.41) is 17.5. The van der Waals surface area contributed by atoms with Crippen molar-refractivity contribution in [3.05, 3.63) is 28.4 Å². The number of nitrogens with zero attached hydrogens (tertiary/aromatic N) is 2. The molecule has 0 radical (unpaired) electrons. The van der Waals surface area contributed by atoms with Gasteiger partial charge in [0.05, 0.1) is 19.4 Å². The van der Waals surface area contributed by atoms with Crippen LogP contribution in [-0.2, 0) is 23.5 Å². The molecule has 1 heterocycles. The minimum absolute atomic E-state index is 0.0656. The summed E-state index contributed by atoms with van der Waals surface area (Å²) in [4.78, 5) is 11.7. The summed E-state index contributed by atoms with van der Waals surface area (Å²) in [6, 6.07) is 1.78. The van der Waals surface area contributed by atoms with Crippen LogP contribution in [0.2, 0.25) is 0 Å². The van der Waals surface area contributed by atoms with Crippen LogP contribution < -0.4 is 10.3 Å². The van der Waals surface area contributed by atoms with Crippen LogP contribution in [0, 0.1) is 6.92 Å². The molecule has 1 rings (SSSR count). The molecule has 10 heteroatoms. The van der Waals surface area contributed by atoms with Crippen LogP contribution in [0.25, 0.3) is 0 Å². The zero-order valence-electron chi connectivity index (χ0n) is 10.3. The van der Waals surface area contributed by atoms with Crippen LogP contribution >= 0.6 is 0 Å². The lowest BCUT2D eigenvalue weighted by atomic mass is 10.4. The summed E-state index contributed by atoms with van der Waals surface area (Å²) in [7, 11) is -4.92. The summed E-state index contributed by atoms with van der Waals surface area (Å²) in [6.07, 6.45) is 1.64. The van der Waals surface area contributed by atoms with Crippen molar-refractivity contribution >= 4 is 10.4 Å². The summed E-state index contributed by atoms with van der Waals surface area (Å²) in [5.74, 6) is 0. The van der Waals surface area contributed by atoms with Crippen molar-refractivity contribution in [2.45, 2.75) is 20.0 Å². The maximum atomic E-state index is 11.7. The largest absolute Gasteiger partial charge is 0.726 e. The topological polar surface area (TPSA) is 144 Å². The summed E-state index contributed by atoms with van der Waals surface area (Å²) < 4.78 is 35.7. The van der Waals surface area contributed by atoms with E-state index in [1.807, 2.05) is 0 Å². The number of aliphatic hydroxyl groups is 2. The standard InChI is InChI=1S/C9H15N2O3.H2O4S/c1-8-2-3-10(4-6-12)9(14)11(8)5-7-13;1-5(2,3)4/h2-3,12-13H,4-7H2,1H3;(H2,1,2,3,4)/q+1;/p-1. The minimum Gasteiger partial charge on any atom is -0.726 e. The monoisotopic (exact) mass is 296 g/mol. The van der Waals surface area contributed by atoms with Gasteiger partial charge < -0.3 is 14.8 Å². The van der Waals surface area contributed by atoms with E-state index in [-0.39, 0.29) is 32.0 Å². The highest BCUT2D eigenvalue weighted by Gasteiger charge is 2.11. The molecule has 3 N–H and O–H groups in total. The molecule has 0 unspecified atom stereocenters. The zero-order chi connectivity index (χ0) is 15.1. The van der Waals surface area contributed by atoms with E-state index in [0.717, 1.165) is 5.69 Å². The lowest BCUT2D eigenvalue weighted by molar-refractivity contribution is -0.716. The number of aliphatic hydroxyl groups excluding tert-OH is 2. The number of aromatic nitrogens is 2. The van der Waals surface area contributed by atoms with Crippen molar-refractivity contribution in [3.8, 4) is 0 Å². The van der Waals surface area contributed by atoms with Gasteiger partial charge in [-0.3, -0.25) is 4.55 Å². The molecule has 19 heavy (non-hydrogen) atoms. The van der Waals surface area contributed by atoms with E-state index in [4.69, 9.17) is 27.7 Å². The van der Waals surface area contributed by atoms with E-state index >= 15 is 0 Å². The molecule has 1 aromatic heterocycles. The predicted octanol–water partition coefficient (Wildman–Crippen LogP) is -2.57. The molecular formula is C9H16N2O7S. The van der Waals surface area contributed by atoms with Crippen LogP contribution in [0.3, 0.4) is 0 Å². The number of hydrogen-bond acceptors (Lipinski definition) is 6. The fraction of sp³-hybridized carbons (Fsp3) is 0.556. The molecule has 9 nitrogen and oxygen atoms in total. The Bertz CT molecular complexity index is 544. The van der Waals surface area contributed by atoms with E-state index in [0.29, 0.717) is 0 Å². The van der Waals surface area contributed by atoms with Crippen LogP contribution in [0.5, 0.6) is 0 Å². The maximum Gasteiger partial charge on any atom is 0.498 e. The van der Waals surface area contributed by atoms with E-state index in [1.54, 1.807) is 19.2 Å². The van der Waals surface area contributed by atoms with Crippen molar-refractivity contribution in [1.82, 2.24) is 4.57 Å². The van der Waals surface area contributed by atoms with Crippen molar-refractivity contribution in [2.24, 2.45) is 0 Å². The molecule has 0 spiro atoms. The van der Waals surface area contributed by atoms with Crippen LogP contribution in [-0.4, -0.2) is 45.5 Å². The van der Waals surface area contributed by atoms with Crippen molar-refractivity contribution in [2.75, 3.05) is 13.2 Å². The molecule has 0 amide bonds. The molecule has 0 aliphatic heterocycles. The first-order valence-corrected chi connectivity index (χ1v) is 6.57. The fourth-order valence-corrected chi connectivity index (χ4v) is 1.31. The summed E-state index contributed by atoms with van der Waals surface area (Å²) in [6.45, 7) is 2.24. The van der Waals surface area contributed by atoms with Gasteiger partial charge in [0, 0.05) is 6.07 Å². The molecule has 0 saturated carbocycles. The van der Waals surface area contributed by atoms with Gasteiger partial charge >= 0.3 is 5.69 Å². The molecule has 0 bridgehead atoms. The molecule has 0 aliphatic rings. The van der Waals surface area contributed by atoms with E-state index in [2.05, 4.69) is 0 Å². The Morgan fingerprint density at radius 1 is 1.37 bits per heavy atom. The van der Waals surface area contributed by atoms with Crippen LogP contribution in [0.4, 0.5) is 0 Å². The van der Waals surface area contributed by atoms with E-state index in [1.165, 1.54) is 9.13 Å². The van der Waals surface area contributed by atoms with Crippen LogP contribution in [0.15, 0.2) is 17.1 Å². The Labute approximate surface area is 110 Å². The van der Waals surface area contributed by atoms with Gasteiger partial charge in [-0.1, -0.05) is 0 Å². The van der Waals surface area contributed by atoms with E-state index < -0.39 is 10.4 Å². The molecule has 0 aliphatic carbocycles. The van der Waals surface area contributed by atoms with E-state index in [9.17, 15) is 4.79 Å². The third kappa shape index (κ3) is 7.64. The first kappa shape index (κ1) is 17.7. The lowest BCUT2D eigenvalue weighted by Crippen LogP contribution is -2.55. The van der Waals surface area contributed by atoms with Gasteiger partial charge in [0.1, 0.15) is 18.8 Å². The Balaban J connectivity index is 0.000000555. The minimum atomic E-state index is -4.92. The van der Waals surface area contributed by atoms with Crippen molar-refractivity contribution < 1.29 is 32.3 Å². The average Bonchev–Trinajstić information content (AvgIpc) is 2.26. The Morgan fingerprint density at radius 2 is 1.89 bits per heavy atom. The third-order valence-electron chi connectivity index (χ3n) is 2.06. The second kappa shape index (κ2) is 7.96. The highest BCUT2D eigenvalue weighted by atomic mass is 32.3. The highest BCUT2D eigenvalue weighted by molar-refractivity contribution is 7.79. The van der Waals surface area contributed by atoms with Gasteiger partial charge in [-0.05, 0) is 6.92 Å². The van der Waals surface area contributed by atoms with Crippen molar-refractivity contribution in [3.63, 3.8) is 0 Å².